The van der Waals surface area contributed by atoms with Gasteiger partial charge in [-0.05, 0) is 91.4 Å². The second kappa shape index (κ2) is 10.7. The molecule has 0 aliphatic carbocycles. The summed E-state index contributed by atoms with van der Waals surface area (Å²) in [6, 6.07) is 19.0. The molecule has 2 heterocycles. The van der Waals surface area contributed by atoms with Crippen LogP contribution in [0.3, 0.4) is 0 Å². The molecule has 0 atom stereocenters. The number of aryl methyl sites for hydroxylation is 1. The van der Waals surface area contributed by atoms with Crippen molar-refractivity contribution in [2.75, 3.05) is 5.32 Å². The number of carbonyl (C=O) groups is 1. The zero-order valence-corrected chi connectivity index (χ0v) is 22.1. The van der Waals surface area contributed by atoms with Crippen molar-refractivity contribution in [3.63, 3.8) is 0 Å². The van der Waals surface area contributed by atoms with Crippen molar-refractivity contribution in [1.82, 2.24) is 10.3 Å². The highest BCUT2D eigenvalue weighted by atomic mass is 35.5. The molecule has 2 aromatic heterocycles. The molecular weight excluding hydrogens is 545 g/mol. The number of rotatable bonds is 5. The first-order chi connectivity index (χ1) is 18.2. The first-order valence-electron chi connectivity index (χ1n) is 11.3. The molecule has 5 rings (SSSR count). The number of aromatic hydroxyl groups is 1. The number of nitrogens with one attached hydrogen (secondary N) is 2. The lowest BCUT2D eigenvalue weighted by atomic mass is 10.1. The molecule has 0 spiro atoms. The van der Waals surface area contributed by atoms with Crippen LogP contribution in [0.15, 0.2) is 81.6 Å². The van der Waals surface area contributed by atoms with Crippen molar-refractivity contribution < 1.29 is 18.7 Å². The Morgan fingerprint density at radius 2 is 1.84 bits per heavy atom. The largest absolute Gasteiger partial charge is 0.507 e. The van der Waals surface area contributed by atoms with Gasteiger partial charge in [-0.3, -0.25) is 10.1 Å². The number of phenolic OH excluding ortho intramolecular Hbond substituents is 1. The molecule has 10 heteroatoms. The fraction of sp³-hybridized carbons (Fsp3) is 0.0357. The molecule has 0 fully saturated rings. The third-order valence-electron chi connectivity index (χ3n) is 5.49. The number of halogens is 2. The number of aromatic nitrogens is 1. The van der Waals surface area contributed by atoms with Gasteiger partial charge in [0.2, 0.25) is 11.8 Å². The lowest BCUT2D eigenvalue weighted by molar-refractivity contribution is -0.115. The topological polar surface area (TPSA) is 101 Å². The van der Waals surface area contributed by atoms with Crippen LogP contribution < -0.4 is 10.6 Å². The monoisotopic (exact) mass is 563 g/mol. The van der Waals surface area contributed by atoms with Gasteiger partial charge in [-0.15, -0.1) is 0 Å². The van der Waals surface area contributed by atoms with E-state index in [1.54, 1.807) is 42.5 Å². The molecule has 0 unspecified atom stereocenters. The number of fused-ring (bicyclic) bond motifs is 1. The molecule has 1 amide bonds. The van der Waals surface area contributed by atoms with Crippen LogP contribution in [0.4, 0.5) is 5.69 Å². The highest BCUT2D eigenvalue weighted by molar-refractivity contribution is 7.80. The van der Waals surface area contributed by atoms with E-state index < -0.39 is 5.91 Å². The zero-order chi connectivity index (χ0) is 26.8. The molecule has 3 N–H and O–H groups in total. The van der Waals surface area contributed by atoms with Gasteiger partial charge in [0.15, 0.2) is 10.7 Å². The Balaban J connectivity index is 1.23. The molecule has 0 radical (unpaired) electrons. The fourth-order valence-electron chi connectivity index (χ4n) is 3.69. The van der Waals surface area contributed by atoms with Gasteiger partial charge in [-0.25, -0.2) is 4.98 Å². The van der Waals surface area contributed by atoms with Gasteiger partial charge in [0.1, 0.15) is 22.8 Å². The minimum atomic E-state index is -0.460. The van der Waals surface area contributed by atoms with Crippen LogP contribution in [0, 0.1) is 6.92 Å². The Morgan fingerprint density at radius 1 is 1.00 bits per heavy atom. The van der Waals surface area contributed by atoms with Crippen molar-refractivity contribution in [2.24, 2.45) is 0 Å². The van der Waals surface area contributed by atoms with Crippen molar-refractivity contribution >= 4 is 69.3 Å². The first-order valence-corrected chi connectivity index (χ1v) is 12.5. The Hall–Kier alpha value is -4.11. The number of nitrogens with zero attached hydrogens (tertiary/aromatic N) is 1. The number of benzene rings is 3. The second-order valence-corrected chi connectivity index (χ2v) is 9.58. The second-order valence-electron chi connectivity index (χ2n) is 8.33. The molecule has 7 nitrogen and oxygen atoms in total. The fourth-order valence-corrected chi connectivity index (χ4v) is 4.41. The number of carbonyl (C=O) groups excluding carboxylic acids is 1. The van der Waals surface area contributed by atoms with Crippen LogP contribution in [0.1, 0.15) is 11.3 Å². The Labute approximate surface area is 232 Å². The van der Waals surface area contributed by atoms with Gasteiger partial charge >= 0.3 is 0 Å². The summed E-state index contributed by atoms with van der Waals surface area (Å²) in [5, 5.41) is 16.9. The van der Waals surface area contributed by atoms with Crippen molar-refractivity contribution in [2.45, 2.75) is 6.92 Å². The average Bonchev–Trinajstić information content (AvgIpc) is 3.50. The van der Waals surface area contributed by atoms with Gasteiger partial charge in [0.05, 0.1) is 10.6 Å². The van der Waals surface area contributed by atoms with Gasteiger partial charge < -0.3 is 19.3 Å². The number of thiocarbonyl (C=S) groups is 1. The Morgan fingerprint density at radius 3 is 2.66 bits per heavy atom. The maximum atomic E-state index is 12.4. The van der Waals surface area contributed by atoms with Gasteiger partial charge in [0, 0.05) is 22.3 Å². The summed E-state index contributed by atoms with van der Waals surface area (Å²) in [6.07, 6.45) is 2.81. The van der Waals surface area contributed by atoms with E-state index in [9.17, 15) is 9.90 Å². The van der Waals surface area contributed by atoms with E-state index in [0.717, 1.165) is 5.56 Å². The summed E-state index contributed by atoms with van der Waals surface area (Å²) in [7, 11) is 0. The summed E-state index contributed by atoms with van der Waals surface area (Å²) >= 11 is 17.4. The lowest BCUT2D eigenvalue weighted by Gasteiger charge is -2.10. The van der Waals surface area contributed by atoms with E-state index >= 15 is 0 Å². The molecule has 3 aromatic carbocycles. The zero-order valence-electron chi connectivity index (χ0n) is 19.8. The highest BCUT2D eigenvalue weighted by Crippen LogP contribution is 2.34. The summed E-state index contributed by atoms with van der Waals surface area (Å²) in [4.78, 5) is 16.9. The van der Waals surface area contributed by atoms with Crippen LogP contribution in [-0.2, 0) is 4.79 Å². The lowest BCUT2D eigenvalue weighted by Crippen LogP contribution is -2.32. The van der Waals surface area contributed by atoms with Crippen LogP contribution in [0.25, 0.3) is 40.0 Å². The van der Waals surface area contributed by atoms with Crippen molar-refractivity contribution in [3.8, 4) is 28.5 Å². The number of furan rings is 1. The Kier molecular flexibility index (Phi) is 7.20. The average molecular weight is 564 g/mol. The Bertz CT molecular complexity index is 1720. The normalized spacial score (nSPS) is 11.2. The van der Waals surface area contributed by atoms with Crippen LogP contribution in [0.5, 0.6) is 5.75 Å². The first kappa shape index (κ1) is 25.5. The molecule has 38 heavy (non-hydrogen) atoms. The maximum absolute atomic E-state index is 12.4. The minimum Gasteiger partial charge on any atom is -0.507 e. The summed E-state index contributed by atoms with van der Waals surface area (Å²) in [5.74, 6) is 0.799. The number of hydrogen-bond acceptors (Lipinski definition) is 6. The number of phenols is 1. The number of hydrogen-bond donors (Lipinski definition) is 3. The molecule has 5 aromatic rings. The van der Waals surface area contributed by atoms with Crippen LogP contribution in [-0.4, -0.2) is 21.1 Å². The smallest absolute Gasteiger partial charge is 0.250 e. The van der Waals surface area contributed by atoms with Crippen molar-refractivity contribution in [3.05, 3.63) is 94.2 Å². The van der Waals surface area contributed by atoms with Crippen LogP contribution >= 0.6 is 35.4 Å². The predicted molar refractivity (Wildman–Crippen MR) is 153 cm³/mol. The molecule has 0 saturated carbocycles. The van der Waals surface area contributed by atoms with E-state index in [1.807, 2.05) is 25.1 Å². The van der Waals surface area contributed by atoms with E-state index in [1.165, 1.54) is 18.2 Å². The molecular formula is C28H19Cl2N3O4S. The third-order valence-corrected chi connectivity index (χ3v) is 6.24. The SMILES string of the molecule is Cc1ccc2oc(-c3cc(NC(=S)NC(=O)/C=C/c4ccc(-c5ccc(Cl)cc5Cl)o4)ccc3O)nc2c1. The minimum absolute atomic E-state index is 0.00517. The third kappa shape index (κ3) is 5.73. The maximum Gasteiger partial charge on any atom is 0.250 e. The molecule has 190 valence electrons. The van der Waals surface area contributed by atoms with E-state index in [-0.39, 0.29) is 16.8 Å². The predicted octanol–water partition coefficient (Wildman–Crippen LogP) is 7.60. The molecule has 0 aliphatic heterocycles. The number of amides is 1. The summed E-state index contributed by atoms with van der Waals surface area (Å²) in [6.45, 7) is 1.96. The standard InChI is InChI=1S/C28H19Cl2N3O4S/c1-15-2-9-25-22(12-15)32-27(37-25)20-14-17(4-8-23(20)34)31-28(38)33-26(35)11-6-18-5-10-24(36-18)19-7-3-16(29)13-21(19)30/h2-14,34H,1H3,(H2,31,33,35,38)/b11-6+. The van der Waals surface area contributed by atoms with E-state index in [4.69, 9.17) is 44.3 Å². The number of oxazole rings is 1. The van der Waals surface area contributed by atoms with E-state index in [0.29, 0.717) is 49.5 Å². The molecule has 0 bridgehead atoms. The molecule has 0 saturated heterocycles. The summed E-state index contributed by atoms with van der Waals surface area (Å²) in [5.41, 5.74) is 3.94. The van der Waals surface area contributed by atoms with Crippen LogP contribution in [0.2, 0.25) is 10.0 Å². The van der Waals surface area contributed by atoms with E-state index in [2.05, 4.69) is 15.6 Å². The van der Waals surface area contributed by atoms with Gasteiger partial charge in [-0.2, -0.15) is 0 Å². The number of anilines is 1. The van der Waals surface area contributed by atoms with Crippen molar-refractivity contribution in [1.29, 1.82) is 0 Å². The molecule has 0 aliphatic rings. The quantitative estimate of drug-likeness (QED) is 0.115. The van der Waals surface area contributed by atoms with Gasteiger partial charge in [0.25, 0.3) is 0 Å². The summed E-state index contributed by atoms with van der Waals surface area (Å²) < 4.78 is 11.6. The highest BCUT2D eigenvalue weighted by Gasteiger charge is 2.14. The van der Waals surface area contributed by atoms with Gasteiger partial charge in [-0.1, -0.05) is 29.3 Å².